The van der Waals surface area contributed by atoms with E-state index in [0.29, 0.717) is 11.7 Å². The number of fused-ring (bicyclic) bond motifs is 1. The fourth-order valence-electron chi connectivity index (χ4n) is 4.08. The maximum Gasteiger partial charge on any atom is 0.240 e. The van der Waals surface area contributed by atoms with Gasteiger partial charge in [0.25, 0.3) is 0 Å². The first-order chi connectivity index (χ1) is 16.1. The van der Waals surface area contributed by atoms with Crippen LogP contribution in [-0.2, 0) is 9.59 Å². The Morgan fingerprint density at radius 2 is 1.70 bits per heavy atom. The number of nitrogens with zero attached hydrogens (tertiary/aromatic N) is 3. The molecule has 1 fully saturated rings. The highest BCUT2D eigenvalue weighted by Crippen LogP contribution is 2.36. The number of hydrogen-bond donors (Lipinski definition) is 0. The SMILES string of the molecule is CCN(C=O)C(=Nc1cc2ccccc2cc1C)SC(C(=O)N1CCCC1)c1ccccc1. The standard InChI is InChI=1S/C27H29N3O2S/c1-3-29(19-31)27(28-24-18-23-14-8-7-13-22(23)17-20(24)2)33-25(21-11-5-4-6-12-21)26(32)30-15-9-10-16-30/h4-8,11-14,17-19,25H,3,9-10,15-16H2,1-2H3. The van der Waals surface area contributed by atoms with E-state index in [9.17, 15) is 9.59 Å². The van der Waals surface area contributed by atoms with Crippen LogP contribution >= 0.6 is 11.8 Å². The average molecular weight is 460 g/mol. The zero-order chi connectivity index (χ0) is 23.2. The Kier molecular flexibility index (Phi) is 7.45. The van der Waals surface area contributed by atoms with Crippen molar-refractivity contribution in [1.29, 1.82) is 0 Å². The quantitative estimate of drug-likeness (QED) is 0.269. The maximum absolute atomic E-state index is 13.5. The molecule has 0 saturated carbocycles. The number of carbonyl (C=O) groups is 2. The maximum atomic E-state index is 13.5. The van der Waals surface area contributed by atoms with Crippen LogP contribution < -0.4 is 0 Å². The van der Waals surface area contributed by atoms with Crippen LogP contribution in [0.5, 0.6) is 0 Å². The van der Waals surface area contributed by atoms with Gasteiger partial charge in [-0.15, -0.1) is 0 Å². The van der Waals surface area contributed by atoms with Gasteiger partial charge in [0.1, 0.15) is 5.25 Å². The van der Waals surface area contributed by atoms with Crippen LogP contribution in [0.3, 0.4) is 0 Å². The number of amides is 2. The molecule has 170 valence electrons. The molecule has 0 bridgehead atoms. The Morgan fingerprint density at radius 1 is 1.06 bits per heavy atom. The van der Waals surface area contributed by atoms with Gasteiger partial charge in [-0.2, -0.15) is 0 Å². The molecule has 33 heavy (non-hydrogen) atoms. The van der Waals surface area contributed by atoms with E-state index < -0.39 is 5.25 Å². The molecule has 0 N–H and O–H groups in total. The minimum absolute atomic E-state index is 0.0774. The van der Waals surface area contributed by atoms with Crippen LogP contribution in [0.4, 0.5) is 5.69 Å². The second kappa shape index (κ2) is 10.7. The molecule has 1 aliphatic rings. The Balaban J connectivity index is 1.76. The smallest absolute Gasteiger partial charge is 0.240 e. The van der Waals surface area contributed by atoms with Gasteiger partial charge in [-0.25, -0.2) is 4.99 Å². The minimum Gasteiger partial charge on any atom is -0.341 e. The van der Waals surface area contributed by atoms with Crippen LogP contribution in [-0.4, -0.2) is 46.9 Å². The Morgan fingerprint density at radius 3 is 2.33 bits per heavy atom. The van der Waals surface area contributed by atoms with Gasteiger partial charge in [0.15, 0.2) is 5.17 Å². The van der Waals surface area contributed by atoms with Crippen molar-refractivity contribution in [3.63, 3.8) is 0 Å². The monoisotopic (exact) mass is 459 g/mol. The number of amidine groups is 1. The predicted molar refractivity (Wildman–Crippen MR) is 137 cm³/mol. The van der Waals surface area contributed by atoms with Crippen molar-refractivity contribution < 1.29 is 9.59 Å². The van der Waals surface area contributed by atoms with Crippen LogP contribution in [0.15, 0.2) is 71.7 Å². The van der Waals surface area contributed by atoms with Gasteiger partial charge in [0.05, 0.1) is 5.69 Å². The van der Waals surface area contributed by atoms with Gasteiger partial charge in [-0.1, -0.05) is 66.4 Å². The zero-order valence-electron chi connectivity index (χ0n) is 19.1. The van der Waals surface area contributed by atoms with Crippen LogP contribution in [0.1, 0.15) is 36.1 Å². The molecule has 1 unspecified atom stereocenters. The summed E-state index contributed by atoms with van der Waals surface area (Å²) in [6, 6.07) is 22.1. The number of rotatable bonds is 6. The molecule has 3 aromatic rings. The first-order valence-electron chi connectivity index (χ1n) is 11.4. The number of carbonyl (C=O) groups excluding carboxylic acids is 2. The second-order valence-corrected chi connectivity index (χ2v) is 9.28. The molecule has 6 heteroatoms. The van der Waals surface area contributed by atoms with Crippen molar-refractivity contribution in [3.05, 3.63) is 77.9 Å². The fourth-order valence-corrected chi connectivity index (χ4v) is 5.29. The molecule has 1 heterocycles. The molecule has 4 rings (SSSR count). The first kappa shape index (κ1) is 23.1. The lowest BCUT2D eigenvalue weighted by molar-refractivity contribution is -0.129. The summed E-state index contributed by atoms with van der Waals surface area (Å²) in [4.78, 5) is 33.9. The van der Waals surface area contributed by atoms with Crippen LogP contribution in [0.25, 0.3) is 10.8 Å². The molecule has 1 saturated heterocycles. The first-order valence-corrected chi connectivity index (χ1v) is 12.3. The van der Waals surface area contributed by atoms with Gasteiger partial charge in [-0.05, 0) is 60.7 Å². The van der Waals surface area contributed by atoms with Crippen molar-refractivity contribution in [3.8, 4) is 0 Å². The molecule has 0 spiro atoms. The normalized spacial score (nSPS) is 15.0. The lowest BCUT2D eigenvalue weighted by Gasteiger charge is -2.26. The van der Waals surface area contributed by atoms with Gasteiger partial charge < -0.3 is 4.90 Å². The van der Waals surface area contributed by atoms with Crippen molar-refractivity contribution in [1.82, 2.24) is 9.80 Å². The van der Waals surface area contributed by atoms with E-state index in [-0.39, 0.29) is 5.91 Å². The summed E-state index contributed by atoms with van der Waals surface area (Å²) >= 11 is 1.36. The third-order valence-corrected chi connectivity index (χ3v) is 7.21. The van der Waals surface area contributed by atoms with E-state index in [1.165, 1.54) is 11.8 Å². The largest absolute Gasteiger partial charge is 0.341 e. The zero-order valence-corrected chi connectivity index (χ0v) is 19.9. The summed E-state index contributed by atoms with van der Waals surface area (Å²) in [7, 11) is 0. The average Bonchev–Trinajstić information content (AvgIpc) is 3.38. The van der Waals surface area contributed by atoms with Gasteiger partial charge in [0.2, 0.25) is 12.3 Å². The summed E-state index contributed by atoms with van der Waals surface area (Å²) in [6.45, 7) is 5.97. The lowest BCUT2D eigenvalue weighted by Crippen LogP contribution is -2.34. The summed E-state index contributed by atoms with van der Waals surface area (Å²) in [6.07, 6.45) is 2.86. The highest BCUT2D eigenvalue weighted by Gasteiger charge is 2.31. The van der Waals surface area contributed by atoms with E-state index >= 15 is 0 Å². The number of likely N-dealkylation sites (tertiary alicyclic amines) is 1. The molecular weight excluding hydrogens is 430 g/mol. The van der Waals surface area contributed by atoms with Crippen LogP contribution in [0.2, 0.25) is 0 Å². The lowest BCUT2D eigenvalue weighted by atomic mass is 10.1. The summed E-state index contributed by atoms with van der Waals surface area (Å²) < 4.78 is 0. The Hall–Kier alpha value is -3.12. The topological polar surface area (TPSA) is 53.0 Å². The molecular formula is C27H29N3O2S. The van der Waals surface area contributed by atoms with Crippen molar-refractivity contribution in [2.45, 2.75) is 31.9 Å². The van der Waals surface area contributed by atoms with Crippen LogP contribution in [0, 0.1) is 6.92 Å². The van der Waals surface area contributed by atoms with E-state index in [4.69, 9.17) is 4.99 Å². The third-order valence-electron chi connectivity index (χ3n) is 5.96. The molecule has 5 nitrogen and oxygen atoms in total. The molecule has 0 aromatic heterocycles. The third kappa shape index (κ3) is 5.28. The molecule has 0 aliphatic carbocycles. The Labute approximate surface area is 199 Å². The Bertz CT molecular complexity index is 1160. The number of aryl methyl sites for hydroxylation is 1. The molecule has 0 radical (unpaired) electrons. The highest BCUT2D eigenvalue weighted by molar-refractivity contribution is 8.14. The number of thioether (sulfide) groups is 1. The summed E-state index contributed by atoms with van der Waals surface area (Å²) in [5.41, 5.74) is 2.75. The van der Waals surface area contributed by atoms with Crippen molar-refractivity contribution in [2.75, 3.05) is 19.6 Å². The predicted octanol–water partition coefficient (Wildman–Crippen LogP) is 5.71. The minimum atomic E-state index is -0.460. The van der Waals surface area contributed by atoms with Gasteiger partial charge >= 0.3 is 0 Å². The van der Waals surface area contributed by atoms with E-state index in [1.54, 1.807) is 4.90 Å². The number of benzene rings is 3. The van der Waals surface area contributed by atoms with E-state index in [2.05, 4.69) is 18.2 Å². The van der Waals surface area contributed by atoms with E-state index in [0.717, 1.165) is 59.9 Å². The molecule has 2 amide bonds. The van der Waals surface area contributed by atoms with Crippen molar-refractivity contribution in [2.24, 2.45) is 4.99 Å². The molecule has 1 aliphatic heterocycles. The molecule has 3 aromatic carbocycles. The molecule has 1 atom stereocenters. The highest BCUT2D eigenvalue weighted by atomic mass is 32.2. The second-order valence-electron chi connectivity index (χ2n) is 8.21. The summed E-state index contributed by atoms with van der Waals surface area (Å²) in [5.74, 6) is 0.0774. The van der Waals surface area contributed by atoms with Gasteiger partial charge in [0, 0.05) is 19.6 Å². The number of aliphatic imine (C=N–C) groups is 1. The van der Waals surface area contributed by atoms with E-state index in [1.807, 2.05) is 67.3 Å². The van der Waals surface area contributed by atoms with Gasteiger partial charge in [-0.3, -0.25) is 14.5 Å². The van der Waals surface area contributed by atoms with Crippen molar-refractivity contribution >= 4 is 45.7 Å². The summed E-state index contributed by atoms with van der Waals surface area (Å²) in [5, 5.41) is 2.32. The fraction of sp³-hybridized carbons (Fsp3) is 0.296. The number of hydrogen-bond acceptors (Lipinski definition) is 4.